The van der Waals surface area contributed by atoms with Crippen LogP contribution in [0.2, 0.25) is 0 Å². The second-order valence-corrected chi connectivity index (χ2v) is 11.9. The van der Waals surface area contributed by atoms with Crippen LogP contribution in [0.15, 0.2) is 0 Å². The third-order valence-electron chi connectivity index (χ3n) is 2.61. The van der Waals surface area contributed by atoms with Gasteiger partial charge in [-0.3, -0.25) is 0 Å². The molecule has 0 aromatic rings. The lowest BCUT2D eigenvalue weighted by atomic mass is 9.92. The Morgan fingerprint density at radius 3 is 2.08 bits per heavy atom. The Balaban J connectivity index is 2.46. The van der Waals surface area contributed by atoms with Crippen molar-refractivity contribution < 1.29 is 0 Å². The van der Waals surface area contributed by atoms with Crippen LogP contribution < -0.4 is 0 Å². The number of alkyl halides is 4. The summed E-state index contributed by atoms with van der Waals surface area (Å²) in [5, 5.41) is 0. The van der Waals surface area contributed by atoms with Crippen molar-refractivity contribution >= 4 is 63.7 Å². The van der Waals surface area contributed by atoms with Crippen LogP contribution in [0.5, 0.6) is 0 Å². The smallest absolute Gasteiger partial charge is 0.0891 e. The molecule has 13 heavy (non-hydrogen) atoms. The van der Waals surface area contributed by atoms with E-state index >= 15 is 0 Å². The van der Waals surface area contributed by atoms with Crippen molar-refractivity contribution in [2.45, 2.75) is 45.5 Å². The van der Waals surface area contributed by atoms with Gasteiger partial charge in [0.15, 0.2) is 0 Å². The fourth-order valence-corrected chi connectivity index (χ4v) is 3.72. The lowest BCUT2D eigenvalue weighted by molar-refractivity contribution is 0.404. The summed E-state index contributed by atoms with van der Waals surface area (Å²) in [7, 11) is 0. The fraction of sp³-hybridized carbons (Fsp3) is 1.00. The highest BCUT2D eigenvalue weighted by Gasteiger charge is 2.31. The Bertz CT molecular complexity index is 152. The highest BCUT2D eigenvalue weighted by Crippen LogP contribution is 2.46. The van der Waals surface area contributed by atoms with E-state index in [-0.39, 0.29) is 2.14 Å². The van der Waals surface area contributed by atoms with Crippen LogP contribution in [0.4, 0.5) is 0 Å². The summed E-state index contributed by atoms with van der Waals surface area (Å²) in [5.74, 6) is 0.688. The molecule has 1 fully saturated rings. The number of rotatable bonds is 0. The Kier molecular flexibility index (Phi) is 5.85. The second-order valence-electron chi connectivity index (χ2n) is 3.70. The fourth-order valence-electron chi connectivity index (χ4n) is 1.75. The van der Waals surface area contributed by atoms with Crippen molar-refractivity contribution in [1.82, 2.24) is 0 Å². The molecule has 0 heterocycles. The zero-order chi connectivity index (χ0) is 9.90. The van der Waals surface area contributed by atoms with Gasteiger partial charge in [-0.15, -0.1) is 0 Å². The average molecular weight is 442 g/mol. The minimum atomic E-state index is -0.0446. The molecule has 0 aliphatic heterocycles. The van der Waals surface area contributed by atoms with Gasteiger partial charge < -0.3 is 0 Å². The van der Waals surface area contributed by atoms with Crippen molar-refractivity contribution in [3.8, 4) is 0 Å². The van der Waals surface area contributed by atoms with Crippen LogP contribution in [-0.2, 0) is 0 Å². The molecule has 0 nitrogen and oxygen atoms in total. The van der Waals surface area contributed by atoms with E-state index in [0.29, 0.717) is 5.92 Å². The van der Waals surface area contributed by atoms with Crippen LogP contribution in [0.3, 0.4) is 0 Å². The average Bonchev–Trinajstić information content (AvgIpc) is 1.94. The Morgan fingerprint density at radius 2 is 1.46 bits per heavy atom. The highest BCUT2D eigenvalue weighted by molar-refractivity contribution is 9.39. The third kappa shape index (κ3) is 4.98. The van der Waals surface area contributed by atoms with Crippen LogP contribution in [-0.4, -0.2) is 6.97 Å². The molecule has 0 unspecified atom stereocenters. The second kappa shape index (κ2) is 5.86. The van der Waals surface area contributed by atoms with Gasteiger partial charge in [0, 0.05) is 4.83 Å². The topological polar surface area (TPSA) is 0 Å². The van der Waals surface area contributed by atoms with Gasteiger partial charge in [-0.2, -0.15) is 0 Å². The first-order valence-corrected chi connectivity index (χ1v) is 8.00. The van der Waals surface area contributed by atoms with Crippen molar-refractivity contribution in [1.29, 1.82) is 0 Å². The molecular weight excluding hydrogens is 428 g/mol. The van der Waals surface area contributed by atoms with Crippen molar-refractivity contribution in [3.63, 3.8) is 0 Å². The van der Waals surface area contributed by atoms with E-state index in [1.165, 1.54) is 38.5 Å². The maximum absolute atomic E-state index is 3.72. The summed E-state index contributed by atoms with van der Waals surface area (Å²) >= 11 is 14.6. The van der Waals surface area contributed by atoms with Crippen LogP contribution >= 0.6 is 63.7 Å². The van der Waals surface area contributed by atoms with Crippen molar-refractivity contribution in [2.24, 2.45) is 5.92 Å². The maximum Gasteiger partial charge on any atom is 0.137 e. The van der Waals surface area contributed by atoms with Gasteiger partial charge >= 0.3 is 0 Å². The molecular formula is C9H14Br4. The molecule has 1 rings (SSSR count). The van der Waals surface area contributed by atoms with E-state index in [9.17, 15) is 0 Å². The molecule has 0 aromatic carbocycles. The summed E-state index contributed by atoms with van der Waals surface area (Å²) in [6.07, 6.45) is 7.91. The van der Waals surface area contributed by atoms with E-state index in [4.69, 9.17) is 0 Å². The quantitative estimate of drug-likeness (QED) is 0.432. The molecule has 1 saturated carbocycles. The molecule has 0 amide bonds. The minimum absolute atomic E-state index is 0.0446. The molecule has 1 aliphatic rings. The van der Waals surface area contributed by atoms with E-state index in [2.05, 4.69) is 63.7 Å². The van der Waals surface area contributed by atoms with Gasteiger partial charge in [0.2, 0.25) is 0 Å². The third-order valence-corrected chi connectivity index (χ3v) is 5.47. The van der Waals surface area contributed by atoms with Crippen LogP contribution in [0, 0.1) is 5.92 Å². The molecule has 4 heteroatoms. The SMILES string of the molecule is Br[C@H]1CCCC[C@@H](C(Br)(Br)Br)CC1. The molecule has 0 bridgehead atoms. The lowest BCUT2D eigenvalue weighted by Gasteiger charge is -2.28. The normalized spacial score (nSPS) is 32.3. The summed E-state index contributed by atoms with van der Waals surface area (Å²) in [4.78, 5) is 0.727. The number of hydrogen-bond acceptors (Lipinski definition) is 0. The number of halogens is 4. The van der Waals surface area contributed by atoms with E-state index in [1.807, 2.05) is 0 Å². The molecule has 78 valence electrons. The molecule has 0 N–H and O–H groups in total. The molecule has 1 aliphatic carbocycles. The zero-order valence-corrected chi connectivity index (χ0v) is 13.8. The van der Waals surface area contributed by atoms with Gasteiger partial charge in [0.05, 0.1) is 0 Å². The summed E-state index contributed by atoms with van der Waals surface area (Å²) in [6, 6.07) is 0. The predicted octanol–water partition coefficient (Wildman–Crippen LogP) is 5.56. The van der Waals surface area contributed by atoms with Crippen molar-refractivity contribution in [3.05, 3.63) is 0 Å². The van der Waals surface area contributed by atoms with Gasteiger partial charge in [-0.05, 0) is 31.6 Å². The largest absolute Gasteiger partial charge is 0.137 e. The molecule has 0 spiro atoms. The van der Waals surface area contributed by atoms with Gasteiger partial charge in [0.1, 0.15) is 2.14 Å². The number of hydrogen-bond donors (Lipinski definition) is 0. The van der Waals surface area contributed by atoms with E-state index in [0.717, 1.165) is 4.83 Å². The van der Waals surface area contributed by atoms with E-state index in [1.54, 1.807) is 0 Å². The molecule has 0 aromatic heterocycles. The van der Waals surface area contributed by atoms with Gasteiger partial charge in [-0.1, -0.05) is 76.6 Å². The standard InChI is InChI=1S/C9H14Br4/c10-8-4-2-1-3-7(5-6-8)9(11,12)13/h7-8H,1-6H2/t7-,8+/m1/s1. The Morgan fingerprint density at radius 1 is 0.846 bits per heavy atom. The van der Waals surface area contributed by atoms with E-state index < -0.39 is 0 Å². The summed E-state index contributed by atoms with van der Waals surface area (Å²) in [5.41, 5.74) is 0. The van der Waals surface area contributed by atoms with Gasteiger partial charge in [-0.25, -0.2) is 0 Å². The molecule has 2 atom stereocenters. The van der Waals surface area contributed by atoms with Gasteiger partial charge in [0.25, 0.3) is 0 Å². The monoisotopic (exact) mass is 438 g/mol. The Labute approximate surface area is 114 Å². The van der Waals surface area contributed by atoms with Crippen LogP contribution in [0.25, 0.3) is 0 Å². The first kappa shape index (κ1) is 13.0. The molecule has 0 saturated heterocycles. The first-order valence-electron chi connectivity index (χ1n) is 4.71. The highest BCUT2D eigenvalue weighted by atomic mass is 80.0. The lowest BCUT2D eigenvalue weighted by Crippen LogP contribution is -2.20. The minimum Gasteiger partial charge on any atom is -0.0891 e. The summed E-state index contributed by atoms with van der Waals surface area (Å²) < 4.78 is -0.0446. The summed E-state index contributed by atoms with van der Waals surface area (Å²) in [6.45, 7) is 0. The predicted molar refractivity (Wildman–Crippen MR) is 73.4 cm³/mol. The first-order chi connectivity index (χ1) is 6.00. The Hall–Kier alpha value is 1.92. The zero-order valence-electron chi connectivity index (χ0n) is 7.41. The maximum atomic E-state index is 3.72. The molecule has 0 radical (unpaired) electrons. The van der Waals surface area contributed by atoms with Crippen LogP contribution in [0.1, 0.15) is 38.5 Å². The van der Waals surface area contributed by atoms with Crippen molar-refractivity contribution in [2.75, 3.05) is 0 Å².